The van der Waals surface area contributed by atoms with Gasteiger partial charge in [-0.2, -0.15) is 0 Å². The summed E-state index contributed by atoms with van der Waals surface area (Å²) in [5.74, 6) is 0.861. The lowest BCUT2D eigenvalue weighted by atomic mass is 10.1. The first kappa shape index (κ1) is 18.1. The molecule has 0 saturated carbocycles. The van der Waals surface area contributed by atoms with Gasteiger partial charge in [-0.1, -0.05) is 6.92 Å². The average molecular weight is 372 g/mol. The molecule has 3 aromatic rings. The molecule has 0 radical (unpaired) electrons. The van der Waals surface area contributed by atoms with Crippen molar-refractivity contribution in [3.8, 4) is 0 Å². The van der Waals surface area contributed by atoms with Crippen LogP contribution in [0.5, 0.6) is 0 Å². The maximum Gasteiger partial charge on any atom is 0.262 e. The summed E-state index contributed by atoms with van der Waals surface area (Å²) in [5, 5.41) is 6.27. The van der Waals surface area contributed by atoms with E-state index in [0.717, 1.165) is 33.7 Å². The van der Waals surface area contributed by atoms with E-state index in [2.05, 4.69) is 20.6 Å². The Morgan fingerprint density at radius 2 is 2.04 bits per heavy atom. The summed E-state index contributed by atoms with van der Waals surface area (Å²) in [7, 11) is 0. The van der Waals surface area contributed by atoms with Crippen LogP contribution in [0.4, 0.5) is 0 Å². The van der Waals surface area contributed by atoms with Crippen LogP contribution in [0.2, 0.25) is 0 Å². The van der Waals surface area contributed by atoms with E-state index in [1.807, 2.05) is 20.8 Å². The molecule has 8 heteroatoms. The van der Waals surface area contributed by atoms with Crippen LogP contribution in [-0.2, 0) is 17.8 Å². The van der Waals surface area contributed by atoms with Gasteiger partial charge in [0.15, 0.2) is 0 Å². The molecule has 0 fully saturated rings. The minimum atomic E-state index is -0.281. The molecular formula is C18H20N4O3S. The van der Waals surface area contributed by atoms with Crippen LogP contribution in [0.15, 0.2) is 22.8 Å². The third-order valence-corrected chi connectivity index (χ3v) is 5.17. The molecule has 0 unspecified atom stereocenters. The maximum absolute atomic E-state index is 12.5. The molecular weight excluding hydrogens is 352 g/mol. The van der Waals surface area contributed by atoms with Gasteiger partial charge < -0.3 is 15.1 Å². The third kappa shape index (κ3) is 3.75. The molecule has 0 aliphatic carbocycles. The molecule has 0 atom stereocenters. The SMILES string of the molecule is CCc1nc(C)c2c(C)c(C(=O)NCC(=O)NCc3ccco3)sc2n1. The fourth-order valence-electron chi connectivity index (χ4n) is 2.67. The zero-order valence-electron chi connectivity index (χ0n) is 14.9. The molecule has 2 amide bonds. The second-order valence-corrected chi connectivity index (χ2v) is 6.85. The summed E-state index contributed by atoms with van der Waals surface area (Å²) in [6.45, 7) is 5.99. The van der Waals surface area contributed by atoms with Crippen molar-refractivity contribution in [3.63, 3.8) is 0 Å². The first-order valence-corrected chi connectivity index (χ1v) is 9.15. The predicted octanol–water partition coefficient (Wildman–Crippen LogP) is 2.51. The number of rotatable bonds is 6. The smallest absolute Gasteiger partial charge is 0.262 e. The van der Waals surface area contributed by atoms with E-state index in [1.54, 1.807) is 18.4 Å². The van der Waals surface area contributed by atoms with E-state index < -0.39 is 0 Å². The number of fused-ring (bicyclic) bond motifs is 1. The van der Waals surface area contributed by atoms with Gasteiger partial charge in [0.1, 0.15) is 16.4 Å². The molecule has 0 aromatic carbocycles. The molecule has 0 aliphatic rings. The lowest BCUT2D eigenvalue weighted by Crippen LogP contribution is -2.36. The Bertz CT molecular complexity index is 947. The van der Waals surface area contributed by atoms with Crippen molar-refractivity contribution in [2.75, 3.05) is 6.54 Å². The fraction of sp³-hybridized carbons (Fsp3) is 0.333. The lowest BCUT2D eigenvalue weighted by molar-refractivity contribution is -0.120. The van der Waals surface area contributed by atoms with Gasteiger partial charge in [0.05, 0.1) is 24.2 Å². The van der Waals surface area contributed by atoms with Crippen molar-refractivity contribution >= 4 is 33.4 Å². The quantitative estimate of drug-likeness (QED) is 0.693. The van der Waals surface area contributed by atoms with E-state index in [1.165, 1.54) is 11.3 Å². The Labute approximate surface area is 154 Å². The molecule has 3 heterocycles. The molecule has 26 heavy (non-hydrogen) atoms. The first-order valence-electron chi connectivity index (χ1n) is 8.33. The van der Waals surface area contributed by atoms with Crippen LogP contribution in [-0.4, -0.2) is 28.3 Å². The number of amides is 2. The minimum Gasteiger partial charge on any atom is -0.467 e. The summed E-state index contributed by atoms with van der Waals surface area (Å²) in [6, 6.07) is 3.52. The lowest BCUT2D eigenvalue weighted by Gasteiger charge is -2.05. The zero-order chi connectivity index (χ0) is 18.7. The number of hydrogen-bond donors (Lipinski definition) is 2. The number of nitrogens with one attached hydrogen (secondary N) is 2. The number of hydrogen-bond acceptors (Lipinski definition) is 6. The van der Waals surface area contributed by atoms with Crippen LogP contribution in [0.3, 0.4) is 0 Å². The second kappa shape index (κ2) is 7.65. The monoisotopic (exact) mass is 372 g/mol. The molecule has 0 spiro atoms. The van der Waals surface area contributed by atoms with Gasteiger partial charge in [0, 0.05) is 17.5 Å². The van der Waals surface area contributed by atoms with Gasteiger partial charge >= 0.3 is 0 Å². The number of furan rings is 1. The molecule has 3 aromatic heterocycles. The summed E-state index contributed by atoms with van der Waals surface area (Å²) >= 11 is 1.33. The second-order valence-electron chi connectivity index (χ2n) is 5.85. The number of nitrogens with zero attached hydrogens (tertiary/aromatic N) is 2. The number of aromatic nitrogens is 2. The predicted molar refractivity (Wildman–Crippen MR) is 99.2 cm³/mol. The number of aryl methyl sites for hydroxylation is 3. The van der Waals surface area contributed by atoms with Gasteiger partial charge in [-0.05, 0) is 31.5 Å². The van der Waals surface area contributed by atoms with Crippen molar-refractivity contribution in [1.82, 2.24) is 20.6 Å². The van der Waals surface area contributed by atoms with E-state index >= 15 is 0 Å². The molecule has 0 saturated heterocycles. The Balaban J connectivity index is 1.67. The summed E-state index contributed by atoms with van der Waals surface area (Å²) in [5.41, 5.74) is 1.72. The van der Waals surface area contributed by atoms with Crippen LogP contribution in [0.1, 0.15) is 39.4 Å². The average Bonchev–Trinajstić information content (AvgIpc) is 3.25. The Kier molecular flexibility index (Phi) is 5.32. The third-order valence-electron chi connectivity index (χ3n) is 3.99. The van der Waals surface area contributed by atoms with Crippen molar-refractivity contribution in [3.05, 3.63) is 46.1 Å². The fourth-order valence-corrected chi connectivity index (χ4v) is 3.84. The highest BCUT2D eigenvalue weighted by atomic mass is 32.1. The van der Waals surface area contributed by atoms with E-state index in [4.69, 9.17) is 4.42 Å². The Hall–Kier alpha value is -2.74. The van der Waals surface area contributed by atoms with Gasteiger partial charge in [-0.15, -0.1) is 11.3 Å². The number of carbonyl (C=O) groups is 2. The van der Waals surface area contributed by atoms with Crippen molar-refractivity contribution in [1.29, 1.82) is 0 Å². The molecule has 136 valence electrons. The highest BCUT2D eigenvalue weighted by Gasteiger charge is 2.19. The topological polar surface area (TPSA) is 97.1 Å². The number of thiophene rings is 1. The van der Waals surface area contributed by atoms with Gasteiger partial charge in [-0.25, -0.2) is 9.97 Å². The Morgan fingerprint density at radius 3 is 2.73 bits per heavy atom. The van der Waals surface area contributed by atoms with Gasteiger partial charge in [-0.3, -0.25) is 9.59 Å². The van der Waals surface area contributed by atoms with E-state index in [9.17, 15) is 9.59 Å². The summed E-state index contributed by atoms with van der Waals surface area (Å²) in [6.07, 6.45) is 2.29. The van der Waals surface area contributed by atoms with Crippen LogP contribution in [0, 0.1) is 13.8 Å². The van der Waals surface area contributed by atoms with Crippen molar-refractivity contribution < 1.29 is 14.0 Å². The molecule has 2 N–H and O–H groups in total. The highest BCUT2D eigenvalue weighted by Crippen LogP contribution is 2.31. The first-order chi connectivity index (χ1) is 12.5. The standard InChI is InChI=1S/C18H20N4O3S/c1-4-13-21-11(3)15-10(2)16(26-18(15)22-13)17(24)20-9-14(23)19-8-12-6-5-7-25-12/h5-7H,4,8-9H2,1-3H3,(H,19,23)(H,20,24). The Morgan fingerprint density at radius 1 is 1.23 bits per heavy atom. The molecule has 0 aliphatic heterocycles. The number of carbonyl (C=O) groups excluding carboxylic acids is 2. The zero-order valence-corrected chi connectivity index (χ0v) is 15.7. The van der Waals surface area contributed by atoms with Crippen LogP contribution >= 0.6 is 11.3 Å². The largest absolute Gasteiger partial charge is 0.467 e. The summed E-state index contributed by atoms with van der Waals surface area (Å²) in [4.78, 5) is 34.7. The van der Waals surface area contributed by atoms with E-state index in [0.29, 0.717) is 10.6 Å². The van der Waals surface area contributed by atoms with Crippen LogP contribution < -0.4 is 10.6 Å². The molecule has 7 nitrogen and oxygen atoms in total. The van der Waals surface area contributed by atoms with Gasteiger partial charge in [0.25, 0.3) is 5.91 Å². The molecule has 0 bridgehead atoms. The van der Waals surface area contributed by atoms with E-state index in [-0.39, 0.29) is 24.9 Å². The van der Waals surface area contributed by atoms with Crippen molar-refractivity contribution in [2.24, 2.45) is 0 Å². The van der Waals surface area contributed by atoms with Gasteiger partial charge in [0.2, 0.25) is 5.91 Å². The molecule has 3 rings (SSSR count). The van der Waals surface area contributed by atoms with Crippen molar-refractivity contribution in [2.45, 2.75) is 33.7 Å². The maximum atomic E-state index is 12.5. The summed E-state index contributed by atoms with van der Waals surface area (Å²) < 4.78 is 5.14. The highest BCUT2D eigenvalue weighted by molar-refractivity contribution is 7.20. The normalized spacial score (nSPS) is 10.9. The minimum absolute atomic E-state index is 0.0991. The van der Waals surface area contributed by atoms with Crippen LogP contribution in [0.25, 0.3) is 10.2 Å².